The van der Waals surface area contributed by atoms with Gasteiger partial charge in [-0.2, -0.15) is 0 Å². The summed E-state index contributed by atoms with van der Waals surface area (Å²) in [7, 11) is 0. The molecule has 0 aromatic heterocycles. The first-order valence-electron chi connectivity index (χ1n) is 11.8. The van der Waals surface area contributed by atoms with Gasteiger partial charge in [0, 0.05) is 0 Å². The highest BCUT2D eigenvalue weighted by Crippen LogP contribution is 2.28. The zero-order valence-electron chi connectivity index (χ0n) is 21.2. The van der Waals surface area contributed by atoms with Crippen LogP contribution in [0.15, 0.2) is 53.6 Å². The molecule has 0 N–H and O–H groups in total. The largest absolute Gasteiger partial charge is 0.298 e. The summed E-state index contributed by atoms with van der Waals surface area (Å²) in [5, 5.41) is 0. The van der Waals surface area contributed by atoms with Crippen LogP contribution in [0.25, 0.3) is 0 Å². The Morgan fingerprint density at radius 3 is 1.97 bits per heavy atom. The summed E-state index contributed by atoms with van der Waals surface area (Å²) in [5.74, 6) is 0.561. The molecule has 1 heteroatoms. The van der Waals surface area contributed by atoms with E-state index in [1.165, 1.54) is 44.5 Å². The molecule has 0 heterocycles. The Morgan fingerprint density at radius 1 is 0.903 bits per heavy atom. The maximum atomic E-state index is 10.8. The number of hydrogen-bond donors (Lipinski definition) is 0. The first-order chi connectivity index (χ1) is 14.8. The fraction of sp³-hybridized carbons (Fsp3) is 0.433. The second kappa shape index (κ2) is 13.1. The van der Waals surface area contributed by atoms with Gasteiger partial charge in [0.15, 0.2) is 0 Å². The summed E-state index contributed by atoms with van der Waals surface area (Å²) in [6.45, 7) is 19.4. The lowest BCUT2D eigenvalue weighted by atomic mass is 9.89. The van der Waals surface area contributed by atoms with E-state index in [1.54, 1.807) is 0 Å². The van der Waals surface area contributed by atoms with Crippen LogP contribution in [0.2, 0.25) is 0 Å². The van der Waals surface area contributed by atoms with Crippen molar-refractivity contribution >= 4 is 6.29 Å². The van der Waals surface area contributed by atoms with E-state index >= 15 is 0 Å². The number of carbonyl (C=O) groups is 1. The molecule has 0 saturated heterocycles. The Kier molecular flexibility index (Phi) is 11.3. The van der Waals surface area contributed by atoms with Gasteiger partial charge in [0.25, 0.3) is 0 Å². The van der Waals surface area contributed by atoms with Crippen LogP contribution in [0.1, 0.15) is 85.9 Å². The third-order valence-corrected chi connectivity index (χ3v) is 6.01. The zero-order valence-corrected chi connectivity index (χ0v) is 21.2. The Morgan fingerprint density at radius 2 is 1.52 bits per heavy atom. The minimum atomic E-state index is 0.561. The quantitative estimate of drug-likeness (QED) is 0.446. The van der Waals surface area contributed by atoms with Crippen LogP contribution in [0.4, 0.5) is 0 Å². The molecule has 1 aliphatic rings. The molecule has 0 atom stereocenters. The van der Waals surface area contributed by atoms with Gasteiger partial charge in [-0.05, 0) is 97.4 Å². The Hall–Kier alpha value is -2.41. The summed E-state index contributed by atoms with van der Waals surface area (Å²) in [5.41, 5.74) is 12.1. The summed E-state index contributed by atoms with van der Waals surface area (Å²) in [4.78, 5) is 10.8. The number of aldehydes is 1. The topological polar surface area (TPSA) is 17.1 Å². The van der Waals surface area contributed by atoms with Gasteiger partial charge in [-0.1, -0.05) is 82.7 Å². The second-order valence-electron chi connectivity index (χ2n) is 8.54. The molecule has 0 aliphatic heterocycles. The highest BCUT2D eigenvalue weighted by atomic mass is 16.1. The van der Waals surface area contributed by atoms with Crippen LogP contribution in [-0.4, -0.2) is 6.29 Å². The summed E-state index contributed by atoms with van der Waals surface area (Å²) in [6.07, 6.45) is 7.89. The number of allylic oxidation sites excluding steroid dienone is 4. The van der Waals surface area contributed by atoms with Crippen LogP contribution in [0.3, 0.4) is 0 Å². The molecule has 168 valence electrons. The van der Waals surface area contributed by atoms with Gasteiger partial charge >= 0.3 is 0 Å². The fourth-order valence-electron chi connectivity index (χ4n) is 3.82. The monoisotopic (exact) mass is 418 g/mol. The predicted octanol–water partition coefficient (Wildman–Crippen LogP) is 8.32. The maximum absolute atomic E-state index is 10.8. The van der Waals surface area contributed by atoms with Gasteiger partial charge in [-0.15, -0.1) is 0 Å². The molecule has 0 amide bonds. The molecule has 2 aromatic carbocycles. The second-order valence-corrected chi connectivity index (χ2v) is 8.54. The molecule has 1 nitrogen and oxygen atoms in total. The molecule has 0 unspecified atom stereocenters. The minimum absolute atomic E-state index is 0.561. The lowest BCUT2D eigenvalue weighted by Gasteiger charge is -2.17. The lowest BCUT2D eigenvalue weighted by molar-refractivity contribution is -0.104. The fourth-order valence-corrected chi connectivity index (χ4v) is 3.82. The van der Waals surface area contributed by atoms with Crippen LogP contribution in [0, 0.1) is 27.7 Å². The van der Waals surface area contributed by atoms with Crippen molar-refractivity contribution in [2.75, 3.05) is 0 Å². The summed E-state index contributed by atoms with van der Waals surface area (Å²) >= 11 is 0. The molecule has 2 aromatic rings. The molecular formula is C30H42O. The third kappa shape index (κ3) is 7.65. The Balaban J connectivity index is 0.000000365. The van der Waals surface area contributed by atoms with Crippen molar-refractivity contribution in [1.82, 2.24) is 0 Å². The van der Waals surface area contributed by atoms with E-state index in [9.17, 15) is 4.79 Å². The molecule has 0 radical (unpaired) electrons. The predicted molar refractivity (Wildman–Crippen MR) is 137 cm³/mol. The average molecular weight is 419 g/mol. The maximum Gasteiger partial charge on any atom is 0.146 e. The van der Waals surface area contributed by atoms with Crippen molar-refractivity contribution in [2.45, 2.75) is 87.5 Å². The lowest BCUT2D eigenvalue weighted by Crippen LogP contribution is -2.01. The van der Waals surface area contributed by atoms with Crippen molar-refractivity contribution in [3.63, 3.8) is 0 Å². The zero-order chi connectivity index (χ0) is 23.6. The van der Waals surface area contributed by atoms with E-state index in [0.717, 1.165) is 31.1 Å². The van der Waals surface area contributed by atoms with Gasteiger partial charge in [0.1, 0.15) is 6.29 Å². The third-order valence-electron chi connectivity index (χ3n) is 6.01. The van der Waals surface area contributed by atoms with Crippen molar-refractivity contribution in [1.29, 1.82) is 0 Å². The number of benzene rings is 2. The van der Waals surface area contributed by atoms with Crippen LogP contribution >= 0.6 is 0 Å². The number of rotatable bonds is 5. The van der Waals surface area contributed by atoms with Crippen molar-refractivity contribution < 1.29 is 4.79 Å². The molecule has 0 fully saturated rings. The Labute approximate surface area is 191 Å². The SMILES string of the molecule is CC.CCc1cc(C)c(CC2=CC=C(C=O)C2)cc1C(C)C.Cc1cccc(C)c1C. The normalized spacial score (nSPS) is 12.3. The van der Waals surface area contributed by atoms with E-state index in [0.29, 0.717) is 5.92 Å². The van der Waals surface area contributed by atoms with Crippen molar-refractivity contribution in [3.8, 4) is 0 Å². The summed E-state index contributed by atoms with van der Waals surface area (Å²) < 4.78 is 0. The van der Waals surface area contributed by atoms with E-state index in [2.05, 4.69) is 84.9 Å². The number of carbonyl (C=O) groups excluding carboxylic acids is 1. The van der Waals surface area contributed by atoms with E-state index in [1.807, 2.05) is 19.9 Å². The Bertz CT molecular complexity index is 905. The molecule has 0 bridgehead atoms. The van der Waals surface area contributed by atoms with Crippen molar-refractivity contribution in [3.05, 3.63) is 92.6 Å². The van der Waals surface area contributed by atoms with Gasteiger partial charge in [-0.25, -0.2) is 0 Å². The van der Waals surface area contributed by atoms with E-state index < -0.39 is 0 Å². The highest BCUT2D eigenvalue weighted by molar-refractivity contribution is 5.76. The first kappa shape index (κ1) is 26.6. The molecule has 1 aliphatic carbocycles. The standard InChI is InChI=1S/C19H24O.C9H12.C2H6/c1-5-17-8-14(4)18(11-19(17)13(2)3)10-15-6-7-16(9-15)12-20;1-7-5-4-6-8(2)9(7)3;1-2/h6-8,11-13H,5,9-10H2,1-4H3;4-6H,1-3H3;1-2H3. The minimum Gasteiger partial charge on any atom is -0.298 e. The molecule has 0 spiro atoms. The molecule has 0 saturated carbocycles. The van der Waals surface area contributed by atoms with Gasteiger partial charge in [-0.3, -0.25) is 4.79 Å². The molecule has 3 rings (SSSR count). The van der Waals surface area contributed by atoms with Crippen LogP contribution in [0.5, 0.6) is 0 Å². The van der Waals surface area contributed by atoms with Gasteiger partial charge in [0.2, 0.25) is 0 Å². The smallest absolute Gasteiger partial charge is 0.146 e. The van der Waals surface area contributed by atoms with Crippen LogP contribution < -0.4 is 0 Å². The van der Waals surface area contributed by atoms with Gasteiger partial charge < -0.3 is 0 Å². The highest BCUT2D eigenvalue weighted by Gasteiger charge is 2.13. The number of aryl methyl sites for hydroxylation is 4. The summed E-state index contributed by atoms with van der Waals surface area (Å²) in [6, 6.07) is 11.1. The number of hydrogen-bond acceptors (Lipinski definition) is 1. The van der Waals surface area contributed by atoms with E-state index in [-0.39, 0.29) is 0 Å². The average Bonchev–Trinajstić information content (AvgIpc) is 3.22. The van der Waals surface area contributed by atoms with Crippen molar-refractivity contribution in [2.24, 2.45) is 0 Å². The first-order valence-corrected chi connectivity index (χ1v) is 11.8. The molecular weight excluding hydrogens is 376 g/mol. The van der Waals surface area contributed by atoms with E-state index in [4.69, 9.17) is 0 Å². The van der Waals surface area contributed by atoms with Crippen LogP contribution in [-0.2, 0) is 17.6 Å². The van der Waals surface area contributed by atoms with Gasteiger partial charge in [0.05, 0.1) is 0 Å². The molecule has 31 heavy (non-hydrogen) atoms.